The molecular formula is C14H13Cl2NO2. The Labute approximate surface area is 122 Å². The van der Waals surface area contributed by atoms with Crippen molar-refractivity contribution in [3.63, 3.8) is 0 Å². The van der Waals surface area contributed by atoms with Gasteiger partial charge in [-0.25, -0.2) is 4.79 Å². The van der Waals surface area contributed by atoms with E-state index in [2.05, 4.69) is 0 Å². The van der Waals surface area contributed by atoms with Gasteiger partial charge in [0.1, 0.15) is 5.75 Å². The molecule has 0 radical (unpaired) electrons. The number of carbonyl (C=O) groups is 1. The van der Waals surface area contributed by atoms with E-state index in [1.165, 1.54) is 0 Å². The van der Waals surface area contributed by atoms with E-state index >= 15 is 0 Å². The number of nitrogens with two attached hydrogens (primary N) is 1. The van der Waals surface area contributed by atoms with Gasteiger partial charge in [-0.15, -0.1) is 12.4 Å². The van der Waals surface area contributed by atoms with Crippen LogP contribution in [0.15, 0.2) is 48.5 Å². The quantitative estimate of drug-likeness (QED) is 0.697. The van der Waals surface area contributed by atoms with Crippen molar-refractivity contribution in [2.45, 2.75) is 6.54 Å². The molecule has 0 heterocycles. The molecule has 2 rings (SSSR count). The summed E-state index contributed by atoms with van der Waals surface area (Å²) in [4.78, 5) is 11.8. The molecular weight excluding hydrogens is 285 g/mol. The summed E-state index contributed by atoms with van der Waals surface area (Å²) >= 11 is 5.81. The van der Waals surface area contributed by atoms with Crippen LogP contribution in [0.25, 0.3) is 0 Å². The van der Waals surface area contributed by atoms with E-state index in [0.29, 0.717) is 22.9 Å². The van der Waals surface area contributed by atoms with Gasteiger partial charge < -0.3 is 10.5 Å². The van der Waals surface area contributed by atoms with Gasteiger partial charge in [0.15, 0.2) is 0 Å². The van der Waals surface area contributed by atoms with Gasteiger partial charge in [-0.2, -0.15) is 0 Å². The van der Waals surface area contributed by atoms with Crippen molar-refractivity contribution in [2.24, 2.45) is 5.73 Å². The molecule has 3 nitrogen and oxygen atoms in total. The normalized spacial score (nSPS) is 9.58. The topological polar surface area (TPSA) is 52.3 Å². The lowest BCUT2D eigenvalue weighted by Crippen LogP contribution is -2.08. The van der Waals surface area contributed by atoms with Gasteiger partial charge in [0, 0.05) is 11.6 Å². The third-order valence-corrected chi connectivity index (χ3v) is 2.67. The average molecular weight is 298 g/mol. The maximum Gasteiger partial charge on any atom is 0.343 e. The van der Waals surface area contributed by atoms with Crippen molar-refractivity contribution in [1.82, 2.24) is 0 Å². The Balaban J connectivity index is 0.00000180. The number of hydrogen-bond acceptors (Lipinski definition) is 3. The number of rotatable bonds is 3. The minimum absolute atomic E-state index is 0. The van der Waals surface area contributed by atoms with Gasteiger partial charge in [0.05, 0.1) is 5.56 Å². The molecule has 2 aromatic rings. The molecule has 100 valence electrons. The molecule has 0 atom stereocenters. The summed E-state index contributed by atoms with van der Waals surface area (Å²) in [5.41, 5.74) is 6.93. The molecule has 0 bridgehead atoms. The zero-order valence-electron chi connectivity index (χ0n) is 10.0. The molecule has 0 spiro atoms. The zero-order valence-corrected chi connectivity index (χ0v) is 11.6. The fourth-order valence-corrected chi connectivity index (χ4v) is 1.65. The fourth-order valence-electron chi connectivity index (χ4n) is 1.47. The maximum atomic E-state index is 11.8. The summed E-state index contributed by atoms with van der Waals surface area (Å²) in [6.45, 7) is 0.448. The molecule has 0 unspecified atom stereocenters. The van der Waals surface area contributed by atoms with Gasteiger partial charge in [-0.1, -0.05) is 29.8 Å². The first-order valence-electron chi connectivity index (χ1n) is 5.46. The molecule has 5 heteroatoms. The van der Waals surface area contributed by atoms with Gasteiger partial charge in [0.2, 0.25) is 0 Å². The summed E-state index contributed by atoms with van der Waals surface area (Å²) < 4.78 is 5.20. The molecule has 0 amide bonds. The van der Waals surface area contributed by atoms with Gasteiger partial charge in [-0.3, -0.25) is 0 Å². The number of ether oxygens (including phenoxy) is 1. The smallest absolute Gasteiger partial charge is 0.343 e. The summed E-state index contributed by atoms with van der Waals surface area (Å²) in [7, 11) is 0. The van der Waals surface area contributed by atoms with Crippen LogP contribution >= 0.6 is 24.0 Å². The molecule has 0 saturated carbocycles. The van der Waals surface area contributed by atoms with Crippen LogP contribution in [0.5, 0.6) is 5.75 Å². The van der Waals surface area contributed by atoms with Crippen molar-refractivity contribution in [3.8, 4) is 5.75 Å². The number of esters is 1. The highest BCUT2D eigenvalue weighted by Gasteiger charge is 2.08. The lowest BCUT2D eigenvalue weighted by atomic mass is 10.1. The van der Waals surface area contributed by atoms with Crippen LogP contribution in [0.1, 0.15) is 15.9 Å². The van der Waals surface area contributed by atoms with E-state index in [-0.39, 0.29) is 12.4 Å². The van der Waals surface area contributed by atoms with Crippen molar-refractivity contribution < 1.29 is 9.53 Å². The fraction of sp³-hybridized carbons (Fsp3) is 0.0714. The van der Waals surface area contributed by atoms with E-state index in [1.54, 1.807) is 48.5 Å². The maximum absolute atomic E-state index is 11.8. The van der Waals surface area contributed by atoms with Crippen LogP contribution in [-0.2, 0) is 6.54 Å². The van der Waals surface area contributed by atoms with E-state index in [4.69, 9.17) is 22.1 Å². The van der Waals surface area contributed by atoms with Crippen molar-refractivity contribution in [1.29, 1.82) is 0 Å². The minimum atomic E-state index is -0.416. The Hall–Kier alpha value is -1.55. The Kier molecular flexibility index (Phi) is 5.83. The average Bonchev–Trinajstić information content (AvgIpc) is 2.39. The molecule has 0 aliphatic carbocycles. The van der Waals surface area contributed by atoms with Crippen LogP contribution in [0.3, 0.4) is 0 Å². The van der Waals surface area contributed by atoms with Crippen molar-refractivity contribution >= 4 is 30.0 Å². The summed E-state index contributed by atoms with van der Waals surface area (Å²) in [5, 5.41) is 0.527. The lowest BCUT2D eigenvalue weighted by Gasteiger charge is -2.05. The summed E-state index contributed by atoms with van der Waals surface area (Å²) in [6, 6.07) is 13.7. The Morgan fingerprint density at radius 2 is 1.84 bits per heavy atom. The zero-order chi connectivity index (χ0) is 13.0. The van der Waals surface area contributed by atoms with Gasteiger partial charge in [0.25, 0.3) is 0 Å². The van der Waals surface area contributed by atoms with Crippen molar-refractivity contribution in [3.05, 3.63) is 64.7 Å². The van der Waals surface area contributed by atoms with E-state index < -0.39 is 5.97 Å². The van der Waals surface area contributed by atoms with Crippen LogP contribution in [0.2, 0.25) is 5.02 Å². The molecule has 2 N–H and O–H groups in total. The lowest BCUT2D eigenvalue weighted by molar-refractivity contribution is 0.0735. The number of halogens is 2. The molecule has 0 aliphatic rings. The highest BCUT2D eigenvalue weighted by atomic mass is 35.5. The standard InChI is InChI=1S/C14H12ClNO2.ClH/c15-12-2-1-3-13(8-12)18-14(17)11-6-4-10(9-16)5-7-11;/h1-8H,9,16H2;1H. The molecule has 19 heavy (non-hydrogen) atoms. The SMILES string of the molecule is Cl.NCc1ccc(C(=O)Oc2cccc(Cl)c2)cc1. The third-order valence-electron chi connectivity index (χ3n) is 2.43. The first-order valence-corrected chi connectivity index (χ1v) is 5.83. The molecule has 2 aromatic carbocycles. The first-order chi connectivity index (χ1) is 8.69. The van der Waals surface area contributed by atoms with Crippen LogP contribution in [0, 0.1) is 0 Å². The molecule has 0 aromatic heterocycles. The monoisotopic (exact) mass is 297 g/mol. The predicted octanol–water partition coefficient (Wildman–Crippen LogP) is 3.44. The van der Waals surface area contributed by atoms with E-state index in [0.717, 1.165) is 5.56 Å². The number of benzene rings is 2. The largest absolute Gasteiger partial charge is 0.423 e. The molecule has 0 aliphatic heterocycles. The summed E-state index contributed by atoms with van der Waals surface area (Å²) in [6.07, 6.45) is 0. The second kappa shape index (κ2) is 7.14. The van der Waals surface area contributed by atoms with Crippen LogP contribution in [-0.4, -0.2) is 5.97 Å². The van der Waals surface area contributed by atoms with E-state index in [9.17, 15) is 4.79 Å². The Morgan fingerprint density at radius 1 is 1.16 bits per heavy atom. The highest BCUT2D eigenvalue weighted by molar-refractivity contribution is 6.30. The highest BCUT2D eigenvalue weighted by Crippen LogP contribution is 2.18. The van der Waals surface area contributed by atoms with Crippen LogP contribution in [0.4, 0.5) is 0 Å². The minimum Gasteiger partial charge on any atom is -0.423 e. The predicted molar refractivity (Wildman–Crippen MR) is 78.0 cm³/mol. The first kappa shape index (κ1) is 15.5. The molecule has 0 saturated heterocycles. The third kappa shape index (κ3) is 4.24. The number of carbonyl (C=O) groups excluding carboxylic acids is 1. The molecule has 0 fully saturated rings. The van der Waals surface area contributed by atoms with Gasteiger partial charge in [-0.05, 0) is 35.9 Å². The second-order valence-corrected chi connectivity index (χ2v) is 4.18. The van der Waals surface area contributed by atoms with Crippen molar-refractivity contribution in [2.75, 3.05) is 0 Å². The van der Waals surface area contributed by atoms with Gasteiger partial charge >= 0.3 is 5.97 Å². The Morgan fingerprint density at radius 3 is 2.42 bits per heavy atom. The Bertz CT molecular complexity index is 556. The van der Waals surface area contributed by atoms with E-state index in [1.807, 2.05) is 0 Å². The summed E-state index contributed by atoms with van der Waals surface area (Å²) in [5.74, 6) is 0.0104. The van der Waals surface area contributed by atoms with Crippen LogP contribution < -0.4 is 10.5 Å². The number of hydrogen-bond donors (Lipinski definition) is 1. The second-order valence-electron chi connectivity index (χ2n) is 3.75.